The SMILES string of the molecule is CCOC(=O)CCCNC(=O)c1ccc(F)nc1. The maximum atomic E-state index is 12.5. The number of halogens is 1. The molecule has 18 heavy (non-hydrogen) atoms. The standard InChI is InChI=1S/C12H15FN2O3/c1-2-18-11(16)4-3-7-14-12(17)9-5-6-10(13)15-8-9/h5-6,8H,2-4,7H2,1H3,(H,14,17). The number of carbonyl (C=O) groups excluding carboxylic acids is 2. The molecule has 0 spiro atoms. The summed E-state index contributed by atoms with van der Waals surface area (Å²) in [7, 11) is 0. The Morgan fingerprint density at radius 3 is 2.83 bits per heavy atom. The monoisotopic (exact) mass is 254 g/mol. The van der Waals surface area contributed by atoms with Crippen LogP contribution in [0.2, 0.25) is 0 Å². The molecular formula is C12H15FN2O3. The average molecular weight is 254 g/mol. The molecule has 98 valence electrons. The van der Waals surface area contributed by atoms with Crippen molar-refractivity contribution in [3.05, 3.63) is 29.8 Å². The van der Waals surface area contributed by atoms with Crippen LogP contribution in [-0.2, 0) is 9.53 Å². The van der Waals surface area contributed by atoms with Gasteiger partial charge in [-0.15, -0.1) is 0 Å². The van der Waals surface area contributed by atoms with Crippen LogP contribution in [0.4, 0.5) is 4.39 Å². The van der Waals surface area contributed by atoms with Crippen LogP contribution in [0.15, 0.2) is 18.3 Å². The van der Waals surface area contributed by atoms with Crippen molar-refractivity contribution in [3.63, 3.8) is 0 Å². The van der Waals surface area contributed by atoms with E-state index in [9.17, 15) is 14.0 Å². The predicted molar refractivity (Wildman–Crippen MR) is 62.4 cm³/mol. The summed E-state index contributed by atoms with van der Waals surface area (Å²) in [6.07, 6.45) is 1.92. The van der Waals surface area contributed by atoms with Crippen molar-refractivity contribution in [2.24, 2.45) is 0 Å². The quantitative estimate of drug-likeness (QED) is 0.472. The third kappa shape index (κ3) is 4.90. The number of hydrogen-bond acceptors (Lipinski definition) is 4. The summed E-state index contributed by atoms with van der Waals surface area (Å²) >= 11 is 0. The van der Waals surface area contributed by atoms with Crippen molar-refractivity contribution >= 4 is 11.9 Å². The van der Waals surface area contributed by atoms with Crippen LogP contribution in [-0.4, -0.2) is 30.0 Å². The molecule has 0 bridgehead atoms. The lowest BCUT2D eigenvalue weighted by Gasteiger charge is -2.04. The Labute approximate surface area is 104 Å². The number of pyridine rings is 1. The van der Waals surface area contributed by atoms with E-state index < -0.39 is 5.95 Å². The predicted octanol–water partition coefficient (Wildman–Crippen LogP) is 1.29. The topological polar surface area (TPSA) is 68.3 Å². The third-order valence-corrected chi connectivity index (χ3v) is 2.14. The molecule has 0 aliphatic rings. The zero-order chi connectivity index (χ0) is 13.4. The van der Waals surface area contributed by atoms with E-state index in [1.54, 1.807) is 6.92 Å². The van der Waals surface area contributed by atoms with Gasteiger partial charge in [-0.2, -0.15) is 4.39 Å². The van der Waals surface area contributed by atoms with Gasteiger partial charge >= 0.3 is 5.97 Å². The minimum Gasteiger partial charge on any atom is -0.466 e. The van der Waals surface area contributed by atoms with E-state index in [1.165, 1.54) is 6.07 Å². The lowest BCUT2D eigenvalue weighted by atomic mass is 10.2. The molecule has 0 saturated carbocycles. The van der Waals surface area contributed by atoms with E-state index in [2.05, 4.69) is 10.3 Å². The maximum absolute atomic E-state index is 12.5. The number of aromatic nitrogens is 1. The number of rotatable bonds is 6. The van der Waals surface area contributed by atoms with Gasteiger partial charge in [0.05, 0.1) is 12.2 Å². The average Bonchev–Trinajstić information content (AvgIpc) is 2.35. The summed E-state index contributed by atoms with van der Waals surface area (Å²) in [5.41, 5.74) is 0.285. The fourth-order valence-electron chi connectivity index (χ4n) is 1.28. The smallest absolute Gasteiger partial charge is 0.305 e. The van der Waals surface area contributed by atoms with E-state index >= 15 is 0 Å². The highest BCUT2D eigenvalue weighted by molar-refractivity contribution is 5.93. The Hall–Kier alpha value is -1.98. The molecule has 0 aromatic carbocycles. The van der Waals surface area contributed by atoms with Gasteiger partial charge in [-0.05, 0) is 25.5 Å². The number of nitrogens with zero attached hydrogens (tertiary/aromatic N) is 1. The maximum Gasteiger partial charge on any atom is 0.305 e. The normalized spacial score (nSPS) is 9.89. The molecule has 0 aliphatic heterocycles. The Balaban J connectivity index is 2.25. The third-order valence-electron chi connectivity index (χ3n) is 2.14. The Bertz CT molecular complexity index is 406. The molecule has 0 aliphatic carbocycles. The van der Waals surface area contributed by atoms with Crippen molar-refractivity contribution in [2.75, 3.05) is 13.2 Å². The number of ether oxygens (including phenoxy) is 1. The molecule has 1 amide bonds. The van der Waals surface area contributed by atoms with Crippen LogP contribution in [0.3, 0.4) is 0 Å². The number of hydrogen-bond donors (Lipinski definition) is 1. The molecular weight excluding hydrogens is 239 g/mol. The first-order chi connectivity index (χ1) is 8.63. The van der Waals surface area contributed by atoms with Crippen LogP contribution in [0, 0.1) is 5.95 Å². The zero-order valence-electron chi connectivity index (χ0n) is 10.1. The molecule has 0 fully saturated rings. The van der Waals surface area contributed by atoms with Crippen LogP contribution >= 0.6 is 0 Å². The van der Waals surface area contributed by atoms with E-state index in [1.807, 2.05) is 0 Å². The minimum absolute atomic E-state index is 0.260. The summed E-state index contributed by atoms with van der Waals surface area (Å²) in [5, 5.41) is 2.61. The number of carbonyl (C=O) groups is 2. The molecule has 1 heterocycles. The molecule has 1 aromatic heterocycles. The molecule has 1 N–H and O–H groups in total. The van der Waals surface area contributed by atoms with Gasteiger partial charge in [0.1, 0.15) is 0 Å². The molecule has 0 radical (unpaired) electrons. The number of amides is 1. The van der Waals surface area contributed by atoms with Crippen molar-refractivity contribution in [1.82, 2.24) is 10.3 Å². The first kappa shape index (κ1) is 14.1. The first-order valence-electron chi connectivity index (χ1n) is 5.69. The zero-order valence-corrected chi connectivity index (χ0v) is 10.1. The Morgan fingerprint density at radius 1 is 1.44 bits per heavy atom. The highest BCUT2D eigenvalue weighted by Crippen LogP contribution is 1.99. The van der Waals surface area contributed by atoms with Gasteiger partial charge in [-0.25, -0.2) is 4.98 Å². The van der Waals surface area contributed by atoms with Crippen molar-refractivity contribution in [1.29, 1.82) is 0 Å². The minimum atomic E-state index is -0.631. The molecule has 5 nitrogen and oxygen atoms in total. The van der Waals surface area contributed by atoms with Crippen molar-refractivity contribution in [2.45, 2.75) is 19.8 Å². The van der Waals surface area contributed by atoms with Crippen LogP contribution in [0.5, 0.6) is 0 Å². The fraction of sp³-hybridized carbons (Fsp3) is 0.417. The molecule has 6 heteroatoms. The summed E-state index contributed by atoms with van der Waals surface area (Å²) in [4.78, 5) is 25.9. The van der Waals surface area contributed by atoms with Gasteiger partial charge in [-0.1, -0.05) is 0 Å². The fourth-order valence-corrected chi connectivity index (χ4v) is 1.28. The molecule has 0 atom stereocenters. The second kappa shape index (κ2) is 7.37. The number of esters is 1. The Morgan fingerprint density at radius 2 is 2.22 bits per heavy atom. The van der Waals surface area contributed by atoms with Crippen LogP contribution < -0.4 is 5.32 Å². The van der Waals surface area contributed by atoms with Crippen LogP contribution in [0.1, 0.15) is 30.1 Å². The molecule has 0 saturated heterocycles. The summed E-state index contributed by atoms with van der Waals surface area (Å²) in [6.45, 7) is 2.45. The van der Waals surface area contributed by atoms with E-state index in [4.69, 9.17) is 4.74 Å². The van der Waals surface area contributed by atoms with E-state index in [0.717, 1.165) is 12.3 Å². The van der Waals surface area contributed by atoms with Gasteiger partial charge in [0.2, 0.25) is 5.95 Å². The van der Waals surface area contributed by atoms with Gasteiger partial charge in [-0.3, -0.25) is 9.59 Å². The molecule has 1 aromatic rings. The van der Waals surface area contributed by atoms with Crippen LogP contribution in [0.25, 0.3) is 0 Å². The summed E-state index contributed by atoms with van der Waals surface area (Å²) in [5.74, 6) is -1.25. The van der Waals surface area contributed by atoms with Gasteiger partial charge in [0, 0.05) is 19.2 Å². The van der Waals surface area contributed by atoms with Gasteiger partial charge in [0.25, 0.3) is 5.91 Å². The second-order valence-corrected chi connectivity index (χ2v) is 3.53. The molecule has 0 unspecified atom stereocenters. The first-order valence-corrected chi connectivity index (χ1v) is 5.69. The Kier molecular flexibility index (Phi) is 5.76. The van der Waals surface area contributed by atoms with Gasteiger partial charge in [0.15, 0.2) is 0 Å². The highest BCUT2D eigenvalue weighted by atomic mass is 19.1. The van der Waals surface area contributed by atoms with Crippen molar-refractivity contribution < 1.29 is 18.7 Å². The van der Waals surface area contributed by atoms with Crippen molar-refractivity contribution in [3.8, 4) is 0 Å². The number of nitrogens with one attached hydrogen (secondary N) is 1. The summed E-state index contributed by atoms with van der Waals surface area (Å²) < 4.78 is 17.3. The largest absolute Gasteiger partial charge is 0.466 e. The van der Waals surface area contributed by atoms with E-state index in [-0.39, 0.29) is 23.9 Å². The molecule has 1 rings (SSSR count). The lowest BCUT2D eigenvalue weighted by Crippen LogP contribution is -2.25. The highest BCUT2D eigenvalue weighted by Gasteiger charge is 2.06. The second-order valence-electron chi connectivity index (χ2n) is 3.53. The lowest BCUT2D eigenvalue weighted by molar-refractivity contribution is -0.143. The van der Waals surface area contributed by atoms with E-state index in [0.29, 0.717) is 19.6 Å². The summed E-state index contributed by atoms with van der Waals surface area (Å²) in [6, 6.07) is 2.47. The van der Waals surface area contributed by atoms with Gasteiger partial charge < -0.3 is 10.1 Å².